The van der Waals surface area contributed by atoms with Gasteiger partial charge in [-0.1, -0.05) is 6.07 Å². The molecule has 1 aromatic rings. The molecule has 0 fully saturated rings. The summed E-state index contributed by atoms with van der Waals surface area (Å²) in [5.41, 5.74) is 0. The van der Waals surface area contributed by atoms with Crippen molar-refractivity contribution >= 4 is 23.3 Å². The molecule has 0 aliphatic heterocycles. The Morgan fingerprint density at radius 2 is 2.21 bits per heavy atom. The standard InChI is InChI=1S/C9H10O4S/c1-6(10)13-8(9(11)12-2)7-4-3-5-14-7/h3-5,8H,1-2H3. The van der Waals surface area contributed by atoms with Crippen molar-refractivity contribution in [1.82, 2.24) is 0 Å². The normalized spacial score (nSPS) is 11.9. The van der Waals surface area contributed by atoms with Crippen molar-refractivity contribution in [3.63, 3.8) is 0 Å². The molecule has 0 radical (unpaired) electrons. The SMILES string of the molecule is COC(=O)C(OC(C)=O)c1cccs1. The molecule has 1 aromatic heterocycles. The third-order valence-corrected chi connectivity index (χ3v) is 2.42. The van der Waals surface area contributed by atoms with Crippen LogP contribution in [0.5, 0.6) is 0 Å². The summed E-state index contributed by atoms with van der Waals surface area (Å²) >= 11 is 1.34. The molecule has 0 spiro atoms. The van der Waals surface area contributed by atoms with Gasteiger partial charge in [-0.15, -0.1) is 11.3 Å². The summed E-state index contributed by atoms with van der Waals surface area (Å²) < 4.78 is 9.37. The number of ether oxygens (including phenoxy) is 2. The Hall–Kier alpha value is -1.36. The number of hydrogen-bond acceptors (Lipinski definition) is 5. The monoisotopic (exact) mass is 214 g/mol. The van der Waals surface area contributed by atoms with E-state index < -0.39 is 18.0 Å². The van der Waals surface area contributed by atoms with Crippen molar-refractivity contribution in [2.75, 3.05) is 7.11 Å². The van der Waals surface area contributed by atoms with Crippen LogP contribution in [0.25, 0.3) is 0 Å². The molecule has 4 nitrogen and oxygen atoms in total. The van der Waals surface area contributed by atoms with Crippen LogP contribution in [-0.2, 0) is 19.1 Å². The highest BCUT2D eigenvalue weighted by Crippen LogP contribution is 2.23. The van der Waals surface area contributed by atoms with Gasteiger partial charge in [0.2, 0.25) is 6.10 Å². The van der Waals surface area contributed by atoms with Gasteiger partial charge in [0.15, 0.2) is 0 Å². The maximum Gasteiger partial charge on any atom is 0.352 e. The van der Waals surface area contributed by atoms with Gasteiger partial charge < -0.3 is 9.47 Å². The average Bonchev–Trinajstić information content (AvgIpc) is 2.65. The van der Waals surface area contributed by atoms with Gasteiger partial charge >= 0.3 is 11.9 Å². The summed E-state index contributed by atoms with van der Waals surface area (Å²) in [7, 11) is 1.26. The molecular formula is C9H10O4S. The van der Waals surface area contributed by atoms with Crippen LogP contribution < -0.4 is 0 Å². The Balaban J connectivity index is 2.82. The van der Waals surface area contributed by atoms with Crippen LogP contribution in [0.3, 0.4) is 0 Å². The number of carbonyl (C=O) groups excluding carboxylic acids is 2. The first-order valence-electron chi connectivity index (χ1n) is 3.93. The van der Waals surface area contributed by atoms with E-state index in [0.29, 0.717) is 4.88 Å². The van der Waals surface area contributed by atoms with Crippen molar-refractivity contribution in [2.45, 2.75) is 13.0 Å². The lowest BCUT2D eigenvalue weighted by atomic mass is 10.3. The smallest absolute Gasteiger partial charge is 0.352 e. The van der Waals surface area contributed by atoms with Crippen LogP contribution in [0.15, 0.2) is 17.5 Å². The molecule has 1 rings (SSSR count). The topological polar surface area (TPSA) is 52.6 Å². The lowest BCUT2D eigenvalue weighted by molar-refractivity contribution is -0.165. The molecule has 76 valence electrons. The van der Waals surface area contributed by atoms with E-state index in [0.717, 1.165) is 0 Å². The quantitative estimate of drug-likeness (QED) is 0.716. The maximum atomic E-state index is 11.3. The number of carbonyl (C=O) groups is 2. The third kappa shape index (κ3) is 2.56. The van der Waals surface area contributed by atoms with Gasteiger partial charge in [-0.25, -0.2) is 4.79 Å². The van der Waals surface area contributed by atoms with E-state index in [1.54, 1.807) is 17.5 Å². The van der Waals surface area contributed by atoms with E-state index in [9.17, 15) is 9.59 Å². The molecule has 0 saturated carbocycles. The van der Waals surface area contributed by atoms with Crippen molar-refractivity contribution in [3.05, 3.63) is 22.4 Å². The lowest BCUT2D eigenvalue weighted by Gasteiger charge is -2.12. The third-order valence-electron chi connectivity index (χ3n) is 1.50. The van der Waals surface area contributed by atoms with Crippen molar-refractivity contribution < 1.29 is 19.1 Å². The van der Waals surface area contributed by atoms with Crippen molar-refractivity contribution in [1.29, 1.82) is 0 Å². The second-order valence-corrected chi connectivity index (χ2v) is 3.51. The molecule has 0 saturated heterocycles. The number of thiophene rings is 1. The number of hydrogen-bond donors (Lipinski definition) is 0. The first kappa shape index (κ1) is 10.7. The van der Waals surface area contributed by atoms with Gasteiger partial charge in [-0.2, -0.15) is 0 Å². The summed E-state index contributed by atoms with van der Waals surface area (Å²) in [5, 5.41) is 1.80. The fourth-order valence-corrected chi connectivity index (χ4v) is 1.68. The molecule has 0 bridgehead atoms. The maximum absolute atomic E-state index is 11.3. The Labute approximate surface area is 85.4 Å². The predicted molar refractivity (Wildman–Crippen MR) is 50.8 cm³/mol. The zero-order valence-electron chi connectivity index (χ0n) is 7.85. The minimum Gasteiger partial charge on any atom is -0.466 e. The second kappa shape index (κ2) is 4.76. The van der Waals surface area contributed by atoms with Crippen LogP contribution in [0, 0.1) is 0 Å². The molecular weight excluding hydrogens is 204 g/mol. The highest BCUT2D eigenvalue weighted by Gasteiger charge is 2.25. The molecule has 5 heteroatoms. The van der Waals surface area contributed by atoms with E-state index in [-0.39, 0.29) is 0 Å². The highest BCUT2D eigenvalue weighted by atomic mass is 32.1. The molecule has 0 N–H and O–H groups in total. The Kier molecular flexibility index (Phi) is 3.64. The van der Waals surface area contributed by atoms with Gasteiger partial charge in [0.1, 0.15) is 0 Å². The molecule has 1 atom stereocenters. The Morgan fingerprint density at radius 3 is 2.64 bits per heavy atom. The van der Waals surface area contributed by atoms with Gasteiger partial charge in [0.05, 0.1) is 12.0 Å². The van der Waals surface area contributed by atoms with Gasteiger partial charge in [0, 0.05) is 6.92 Å². The van der Waals surface area contributed by atoms with Crippen LogP contribution in [-0.4, -0.2) is 19.0 Å². The van der Waals surface area contributed by atoms with Gasteiger partial charge in [-0.3, -0.25) is 4.79 Å². The number of rotatable bonds is 3. The second-order valence-electron chi connectivity index (χ2n) is 2.53. The molecule has 14 heavy (non-hydrogen) atoms. The number of esters is 2. The Morgan fingerprint density at radius 1 is 1.50 bits per heavy atom. The van der Waals surface area contributed by atoms with E-state index in [4.69, 9.17) is 4.74 Å². The largest absolute Gasteiger partial charge is 0.466 e. The molecule has 1 heterocycles. The van der Waals surface area contributed by atoms with Crippen molar-refractivity contribution in [3.8, 4) is 0 Å². The molecule has 0 aliphatic rings. The van der Waals surface area contributed by atoms with Crippen LogP contribution in [0.1, 0.15) is 17.9 Å². The zero-order chi connectivity index (χ0) is 10.6. The van der Waals surface area contributed by atoms with Gasteiger partial charge in [0.25, 0.3) is 0 Å². The minimum atomic E-state index is -0.933. The Bertz CT molecular complexity index is 318. The molecule has 0 amide bonds. The van der Waals surface area contributed by atoms with Crippen LogP contribution >= 0.6 is 11.3 Å². The summed E-state index contributed by atoms with van der Waals surface area (Å²) in [6.07, 6.45) is -0.933. The van der Waals surface area contributed by atoms with E-state index in [1.165, 1.54) is 25.4 Å². The summed E-state index contributed by atoms with van der Waals surface area (Å²) in [5.74, 6) is -1.07. The highest BCUT2D eigenvalue weighted by molar-refractivity contribution is 7.10. The summed E-state index contributed by atoms with van der Waals surface area (Å²) in [6.45, 7) is 1.25. The average molecular weight is 214 g/mol. The number of methoxy groups -OCH3 is 1. The molecule has 0 aliphatic carbocycles. The first-order valence-corrected chi connectivity index (χ1v) is 4.81. The summed E-state index contributed by atoms with van der Waals surface area (Å²) in [6, 6.07) is 3.49. The predicted octanol–water partition coefficient (Wildman–Crippen LogP) is 1.53. The fraction of sp³-hybridized carbons (Fsp3) is 0.333. The van der Waals surface area contributed by atoms with Crippen LogP contribution in [0.2, 0.25) is 0 Å². The van der Waals surface area contributed by atoms with Gasteiger partial charge in [-0.05, 0) is 11.4 Å². The zero-order valence-corrected chi connectivity index (χ0v) is 8.67. The molecule has 0 aromatic carbocycles. The van der Waals surface area contributed by atoms with E-state index >= 15 is 0 Å². The van der Waals surface area contributed by atoms with Crippen molar-refractivity contribution in [2.24, 2.45) is 0 Å². The lowest BCUT2D eigenvalue weighted by Crippen LogP contribution is -2.18. The molecule has 1 unspecified atom stereocenters. The van der Waals surface area contributed by atoms with E-state index in [2.05, 4.69) is 4.74 Å². The fourth-order valence-electron chi connectivity index (χ4n) is 0.936. The van der Waals surface area contributed by atoms with E-state index in [1.807, 2.05) is 0 Å². The minimum absolute atomic E-state index is 0.506. The van der Waals surface area contributed by atoms with Crippen LogP contribution in [0.4, 0.5) is 0 Å². The summed E-state index contributed by atoms with van der Waals surface area (Å²) in [4.78, 5) is 22.7. The first-order chi connectivity index (χ1) is 6.65.